The minimum Gasteiger partial charge on any atom is -0.382 e. The summed E-state index contributed by atoms with van der Waals surface area (Å²) < 4.78 is 1.76. The molecule has 0 atom stereocenters. The highest BCUT2D eigenvalue weighted by Crippen LogP contribution is 2.32. The minimum absolute atomic E-state index is 0.160. The third-order valence-corrected chi connectivity index (χ3v) is 3.20. The van der Waals surface area contributed by atoms with E-state index < -0.39 is 5.60 Å². The molecule has 0 saturated heterocycles. The summed E-state index contributed by atoms with van der Waals surface area (Å²) >= 11 is 0. The maximum atomic E-state index is 12.1. The number of aromatic nitrogens is 2. The standard InChI is InChI=1S/C12H18N2O2/c1-2-7-14-9-10(8-13-14)11(15)12(16)5-3-4-6-12/h8-9,16H,2-7H2,1H3. The van der Waals surface area contributed by atoms with Crippen molar-refractivity contribution in [2.45, 2.75) is 51.2 Å². The van der Waals surface area contributed by atoms with Gasteiger partial charge in [0.25, 0.3) is 0 Å². The van der Waals surface area contributed by atoms with Crippen LogP contribution in [0.5, 0.6) is 0 Å². The molecule has 16 heavy (non-hydrogen) atoms. The van der Waals surface area contributed by atoms with Crippen molar-refractivity contribution in [3.63, 3.8) is 0 Å². The molecule has 1 saturated carbocycles. The van der Waals surface area contributed by atoms with Gasteiger partial charge >= 0.3 is 0 Å². The largest absolute Gasteiger partial charge is 0.382 e. The summed E-state index contributed by atoms with van der Waals surface area (Å²) in [6.45, 7) is 2.87. The molecule has 0 amide bonds. The lowest BCUT2D eigenvalue weighted by Gasteiger charge is -2.18. The van der Waals surface area contributed by atoms with Crippen molar-refractivity contribution in [2.75, 3.05) is 0 Å². The lowest BCUT2D eigenvalue weighted by atomic mass is 9.93. The Hall–Kier alpha value is -1.16. The lowest BCUT2D eigenvalue weighted by molar-refractivity contribution is 0.0353. The van der Waals surface area contributed by atoms with E-state index in [0.717, 1.165) is 25.8 Å². The number of carbonyl (C=O) groups excluding carboxylic acids is 1. The third kappa shape index (κ3) is 2.02. The van der Waals surface area contributed by atoms with Crippen LogP contribution in [0.4, 0.5) is 0 Å². The van der Waals surface area contributed by atoms with E-state index >= 15 is 0 Å². The molecule has 88 valence electrons. The average Bonchev–Trinajstić information content (AvgIpc) is 2.88. The number of Topliss-reactive ketones (excluding diaryl/α,β-unsaturated/α-hetero) is 1. The molecule has 0 aliphatic heterocycles. The first-order chi connectivity index (χ1) is 7.65. The molecular weight excluding hydrogens is 204 g/mol. The summed E-state index contributed by atoms with van der Waals surface area (Å²) in [5, 5.41) is 14.3. The molecule has 0 radical (unpaired) electrons. The fraction of sp³-hybridized carbons (Fsp3) is 0.667. The van der Waals surface area contributed by atoms with Gasteiger partial charge in [-0.3, -0.25) is 9.48 Å². The monoisotopic (exact) mass is 222 g/mol. The number of rotatable bonds is 4. The van der Waals surface area contributed by atoms with Gasteiger partial charge in [-0.1, -0.05) is 6.92 Å². The van der Waals surface area contributed by atoms with Crippen LogP contribution in [-0.4, -0.2) is 26.3 Å². The summed E-state index contributed by atoms with van der Waals surface area (Å²) in [6.07, 6.45) is 7.34. The Morgan fingerprint density at radius 2 is 2.25 bits per heavy atom. The molecule has 1 aliphatic rings. The first kappa shape index (κ1) is 11.3. The van der Waals surface area contributed by atoms with Crippen molar-refractivity contribution in [3.8, 4) is 0 Å². The van der Waals surface area contributed by atoms with E-state index in [9.17, 15) is 9.90 Å². The highest BCUT2D eigenvalue weighted by Gasteiger charge is 2.39. The first-order valence-corrected chi connectivity index (χ1v) is 5.95. The number of carbonyl (C=O) groups is 1. The van der Waals surface area contributed by atoms with Gasteiger partial charge < -0.3 is 5.11 Å². The van der Waals surface area contributed by atoms with E-state index in [4.69, 9.17) is 0 Å². The molecule has 2 rings (SSSR count). The Labute approximate surface area is 95.3 Å². The van der Waals surface area contributed by atoms with Gasteiger partial charge in [0.1, 0.15) is 5.60 Å². The molecule has 1 aromatic rings. The SMILES string of the molecule is CCCn1cc(C(=O)C2(O)CCCC2)cn1. The van der Waals surface area contributed by atoms with Crippen molar-refractivity contribution in [2.24, 2.45) is 0 Å². The second-order valence-corrected chi connectivity index (χ2v) is 4.56. The number of aryl methyl sites for hydroxylation is 1. The molecule has 0 spiro atoms. The first-order valence-electron chi connectivity index (χ1n) is 5.95. The Morgan fingerprint density at radius 1 is 1.56 bits per heavy atom. The molecule has 1 fully saturated rings. The van der Waals surface area contributed by atoms with Crippen LogP contribution in [0.2, 0.25) is 0 Å². The molecule has 1 aliphatic carbocycles. The molecule has 0 aromatic carbocycles. The lowest BCUT2D eigenvalue weighted by Crippen LogP contribution is -2.35. The van der Waals surface area contributed by atoms with Gasteiger partial charge in [0.2, 0.25) is 0 Å². The third-order valence-electron chi connectivity index (χ3n) is 3.20. The van der Waals surface area contributed by atoms with Gasteiger partial charge in [-0.25, -0.2) is 0 Å². The van der Waals surface area contributed by atoms with E-state index in [2.05, 4.69) is 12.0 Å². The van der Waals surface area contributed by atoms with Crippen molar-refractivity contribution in [1.29, 1.82) is 0 Å². The summed E-state index contributed by atoms with van der Waals surface area (Å²) in [6, 6.07) is 0. The van der Waals surface area contributed by atoms with Crippen LogP contribution in [0.25, 0.3) is 0 Å². The smallest absolute Gasteiger partial charge is 0.197 e. The number of hydrogen-bond donors (Lipinski definition) is 1. The molecule has 4 nitrogen and oxygen atoms in total. The summed E-state index contributed by atoms with van der Waals surface area (Å²) in [5.41, 5.74) is -0.585. The molecule has 4 heteroatoms. The normalized spacial score (nSPS) is 18.9. The van der Waals surface area contributed by atoms with Crippen LogP contribution in [-0.2, 0) is 6.54 Å². The Kier molecular flexibility index (Phi) is 3.10. The van der Waals surface area contributed by atoms with Gasteiger partial charge in [0.15, 0.2) is 5.78 Å². The van der Waals surface area contributed by atoms with Crippen LogP contribution in [0.15, 0.2) is 12.4 Å². The zero-order chi connectivity index (χ0) is 11.6. The quantitative estimate of drug-likeness (QED) is 0.790. The second kappa shape index (κ2) is 4.37. The molecule has 1 aromatic heterocycles. The predicted octanol–water partition coefficient (Wildman–Crippen LogP) is 1.78. The van der Waals surface area contributed by atoms with Crippen LogP contribution in [0, 0.1) is 0 Å². The van der Waals surface area contributed by atoms with Crippen LogP contribution < -0.4 is 0 Å². The number of hydrogen-bond acceptors (Lipinski definition) is 3. The number of aliphatic hydroxyl groups is 1. The van der Waals surface area contributed by atoms with Crippen LogP contribution in [0.1, 0.15) is 49.4 Å². The minimum atomic E-state index is -1.12. The number of ketones is 1. The van der Waals surface area contributed by atoms with Gasteiger partial charge in [0.05, 0.1) is 11.8 Å². The zero-order valence-electron chi connectivity index (χ0n) is 9.65. The van der Waals surface area contributed by atoms with Crippen molar-refractivity contribution in [1.82, 2.24) is 9.78 Å². The number of nitrogens with zero attached hydrogens (tertiary/aromatic N) is 2. The second-order valence-electron chi connectivity index (χ2n) is 4.56. The average molecular weight is 222 g/mol. The van der Waals surface area contributed by atoms with E-state index in [1.54, 1.807) is 17.1 Å². The van der Waals surface area contributed by atoms with Crippen LogP contribution >= 0.6 is 0 Å². The van der Waals surface area contributed by atoms with Gasteiger partial charge in [-0.15, -0.1) is 0 Å². The maximum absolute atomic E-state index is 12.1. The highest BCUT2D eigenvalue weighted by atomic mass is 16.3. The fourth-order valence-corrected chi connectivity index (χ4v) is 2.29. The Morgan fingerprint density at radius 3 is 2.88 bits per heavy atom. The van der Waals surface area contributed by atoms with Crippen molar-refractivity contribution < 1.29 is 9.90 Å². The van der Waals surface area contributed by atoms with E-state index in [1.807, 2.05) is 0 Å². The summed E-state index contributed by atoms with van der Waals surface area (Å²) in [4.78, 5) is 12.1. The molecular formula is C12H18N2O2. The van der Waals surface area contributed by atoms with E-state index in [0.29, 0.717) is 18.4 Å². The molecule has 0 bridgehead atoms. The Bertz CT molecular complexity index is 378. The van der Waals surface area contributed by atoms with Gasteiger partial charge in [0, 0.05) is 12.7 Å². The topological polar surface area (TPSA) is 55.1 Å². The molecule has 0 unspecified atom stereocenters. The summed E-state index contributed by atoms with van der Waals surface area (Å²) in [5.74, 6) is -0.160. The summed E-state index contributed by atoms with van der Waals surface area (Å²) in [7, 11) is 0. The van der Waals surface area contributed by atoms with Gasteiger partial charge in [-0.05, 0) is 32.1 Å². The van der Waals surface area contributed by atoms with Gasteiger partial charge in [-0.2, -0.15) is 5.10 Å². The zero-order valence-corrected chi connectivity index (χ0v) is 9.65. The Balaban J connectivity index is 2.13. The molecule has 1 N–H and O–H groups in total. The maximum Gasteiger partial charge on any atom is 0.197 e. The van der Waals surface area contributed by atoms with E-state index in [1.165, 1.54) is 0 Å². The van der Waals surface area contributed by atoms with Crippen LogP contribution in [0.3, 0.4) is 0 Å². The highest BCUT2D eigenvalue weighted by molar-refractivity contribution is 6.02. The molecule has 1 heterocycles. The van der Waals surface area contributed by atoms with Crippen molar-refractivity contribution in [3.05, 3.63) is 18.0 Å². The van der Waals surface area contributed by atoms with E-state index in [-0.39, 0.29) is 5.78 Å². The van der Waals surface area contributed by atoms with Crippen molar-refractivity contribution >= 4 is 5.78 Å². The fourth-order valence-electron chi connectivity index (χ4n) is 2.29. The predicted molar refractivity (Wildman–Crippen MR) is 60.3 cm³/mol.